The van der Waals surface area contributed by atoms with Crippen molar-refractivity contribution in [2.24, 2.45) is 22.5 Å². The molecule has 1 saturated carbocycles. The monoisotopic (exact) mass is 418 g/mol. The highest BCUT2D eigenvalue weighted by Crippen LogP contribution is 2.47. The average molecular weight is 419 g/mol. The van der Waals surface area contributed by atoms with E-state index in [1.165, 1.54) is 12.8 Å². The van der Waals surface area contributed by atoms with Gasteiger partial charge in [0.15, 0.2) is 11.5 Å². The van der Waals surface area contributed by atoms with Crippen molar-refractivity contribution in [3.63, 3.8) is 0 Å². The third-order valence-corrected chi connectivity index (χ3v) is 6.96. The minimum atomic E-state index is -0.581. The molecule has 0 bridgehead atoms. The number of nitrogens with zero attached hydrogens (tertiary/aromatic N) is 1. The van der Waals surface area contributed by atoms with E-state index in [2.05, 4.69) is 0 Å². The zero-order valence-corrected chi connectivity index (χ0v) is 19.3. The number of carbonyl (C=O) groups is 1. The van der Waals surface area contributed by atoms with Crippen LogP contribution in [0, 0.1) is 16.7 Å². The molecule has 2 aliphatic rings. The van der Waals surface area contributed by atoms with Crippen molar-refractivity contribution in [1.82, 2.24) is 4.90 Å². The molecule has 1 heterocycles. The minimum absolute atomic E-state index is 0.0252. The zero-order chi connectivity index (χ0) is 22.3. The highest BCUT2D eigenvalue weighted by atomic mass is 16.5. The van der Waals surface area contributed by atoms with E-state index >= 15 is 0 Å². The van der Waals surface area contributed by atoms with Gasteiger partial charge in [0.1, 0.15) is 0 Å². The first kappa shape index (κ1) is 22.9. The van der Waals surface area contributed by atoms with Gasteiger partial charge in [0.05, 0.1) is 25.9 Å². The van der Waals surface area contributed by atoms with Crippen molar-refractivity contribution >= 4 is 5.91 Å². The summed E-state index contributed by atoms with van der Waals surface area (Å²) >= 11 is 0. The smallest absolute Gasteiger partial charge is 0.240 e. The first-order valence-corrected chi connectivity index (χ1v) is 11.0. The van der Waals surface area contributed by atoms with Crippen LogP contribution in [0.5, 0.6) is 11.5 Å². The number of rotatable bonds is 7. The lowest BCUT2D eigenvalue weighted by atomic mass is 9.72. The van der Waals surface area contributed by atoms with Gasteiger partial charge < -0.3 is 25.2 Å². The third kappa shape index (κ3) is 4.59. The summed E-state index contributed by atoms with van der Waals surface area (Å²) in [5.41, 5.74) is 6.52. The molecule has 0 unspecified atom stereocenters. The maximum absolute atomic E-state index is 13.1. The lowest BCUT2D eigenvalue weighted by Crippen LogP contribution is -2.50. The predicted octanol–water partition coefficient (Wildman–Crippen LogP) is 3.17. The van der Waals surface area contributed by atoms with Crippen LogP contribution in [-0.2, 0) is 4.79 Å². The van der Waals surface area contributed by atoms with E-state index in [-0.39, 0.29) is 17.2 Å². The maximum atomic E-state index is 13.1. The number of nitrogens with two attached hydrogens (primary N) is 1. The van der Waals surface area contributed by atoms with Gasteiger partial charge in [-0.2, -0.15) is 0 Å². The molecular formula is C24H38N2O4. The summed E-state index contributed by atoms with van der Waals surface area (Å²) in [6.45, 7) is 11.5. The Morgan fingerprint density at radius 1 is 1.33 bits per heavy atom. The molecule has 1 aromatic rings. The number of methoxy groups -OCH3 is 1. The number of hydrogen-bond acceptors (Lipinski definition) is 5. The summed E-state index contributed by atoms with van der Waals surface area (Å²) in [5.74, 6) is 1.99. The second kappa shape index (κ2) is 8.39. The first-order valence-electron chi connectivity index (χ1n) is 11.0. The van der Waals surface area contributed by atoms with Crippen LogP contribution in [0.2, 0.25) is 0 Å². The molecular weight excluding hydrogens is 380 g/mol. The maximum Gasteiger partial charge on any atom is 0.240 e. The highest BCUT2D eigenvalue weighted by Gasteiger charge is 2.49. The fraction of sp³-hybridized carbons (Fsp3) is 0.708. The SMILES string of the molecule is COc1ccc([C@@H]2CN(C(=O)[C@@H](N)C(C)(C)C)C[C@@]2(C)[C@@H](C)O)cc1OCC1CC1. The molecule has 6 nitrogen and oxygen atoms in total. The Morgan fingerprint density at radius 2 is 2.00 bits per heavy atom. The molecule has 30 heavy (non-hydrogen) atoms. The van der Waals surface area contributed by atoms with Crippen molar-refractivity contribution < 1.29 is 19.4 Å². The quantitative estimate of drug-likeness (QED) is 0.710. The summed E-state index contributed by atoms with van der Waals surface area (Å²) in [6.07, 6.45) is 1.86. The number of ether oxygens (including phenoxy) is 2. The van der Waals surface area contributed by atoms with Gasteiger partial charge in [0.2, 0.25) is 5.91 Å². The largest absolute Gasteiger partial charge is 0.493 e. The molecule has 1 aliphatic carbocycles. The van der Waals surface area contributed by atoms with E-state index in [0.717, 1.165) is 11.3 Å². The fourth-order valence-electron chi connectivity index (χ4n) is 4.17. The Balaban J connectivity index is 1.88. The molecule has 3 N–H and O–H groups in total. The fourth-order valence-corrected chi connectivity index (χ4v) is 4.17. The standard InChI is InChI=1S/C24H38N2O4/c1-15(27)24(5)14-26(22(28)21(25)23(2,3)4)12-18(24)17-9-10-19(29-6)20(11-17)30-13-16-7-8-16/h9-11,15-16,18,21,27H,7-8,12-14,25H2,1-6H3/t15-,18+,21-,24+/m1/s1. The summed E-state index contributed by atoms with van der Waals surface area (Å²) in [5, 5.41) is 10.7. The number of hydrogen-bond donors (Lipinski definition) is 2. The molecule has 4 atom stereocenters. The van der Waals surface area contributed by atoms with Crippen LogP contribution in [0.3, 0.4) is 0 Å². The molecule has 168 valence electrons. The molecule has 0 aromatic heterocycles. The third-order valence-electron chi connectivity index (χ3n) is 6.96. The van der Waals surface area contributed by atoms with Gasteiger partial charge in [0.25, 0.3) is 0 Å². The summed E-state index contributed by atoms with van der Waals surface area (Å²) < 4.78 is 11.5. The Kier molecular flexibility index (Phi) is 6.40. The number of carbonyl (C=O) groups excluding carboxylic acids is 1. The molecule has 0 spiro atoms. The Labute approximate surface area is 180 Å². The van der Waals surface area contributed by atoms with E-state index in [4.69, 9.17) is 15.2 Å². The van der Waals surface area contributed by atoms with Crippen molar-refractivity contribution in [3.8, 4) is 11.5 Å². The number of aliphatic hydroxyl groups excluding tert-OH is 1. The number of aliphatic hydroxyl groups is 1. The van der Waals surface area contributed by atoms with Crippen molar-refractivity contribution in [2.45, 2.75) is 65.5 Å². The van der Waals surface area contributed by atoms with Crippen LogP contribution in [0.4, 0.5) is 0 Å². The Morgan fingerprint density at radius 3 is 2.53 bits per heavy atom. The van der Waals surface area contributed by atoms with E-state index < -0.39 is 17.6 Å². The Hall–Kier alpha value is -1.79. The second-order valence-electron chi connectivity index (χ2n) is 10.5. The molecule has 3 rings (SSSR count). The normalized spacial score (nSPS) is 26.4. The van der Waals surface area contributed by atoms with Crippen LogP contribution >= 0.6 is 0 Å². The van der Waals surface area contributed by atoms with E-state index in [9.17, 15) is 9.90 Å². The Bertz CT molecular complexity index is 769. The van der Waals surface area contributed by atoms with Crippen LogP contribution in [-0.4, -0.2) is 54.9 Å². The summed E-state index contributed by atoms with van der Waals surface area (Å²) in [7, 11) is 1.64. The molecule has 1 saturated heterocycles. The molecule has 6 heteroatoms. The van der Waals surface area contributed by atoms with Gasteiger partial charge in [-0.15, -0.1) is 0 Å². The summed E-state index contributed by atoms with van der Waals surface area (Å²) in [4.78, 5) is 14.9. The van der Waals surface area contributed by atoms with E-state index in [1.54, 1.807) is 14.0 Å². The number of benzene rings is 1. The van der Waals surface area contributed by atoms with Crippen molar-refractivity contribution in [3.05, 3.63) is 23.8 Å². The van der Waals surface area contributed by atoms with Crippen LogP contribution < -0.4 is 15.2 Å². The lowest BCUT2D eigenvalue weighted by Gasteiger charge is -2.34. The molecule has 2 fully saturated rings. The zero-order valence-electron chi connectivity index (χ0n) is 19.3. The van der Waals surface area contributed by atoms with Crippen LogP contribution in [0.15, 0.2) is 18.2 Å². The average Bonchev–Trinajstić information content (AvgIpc) is 3.45. The first-order chi connectivity index (χ1) is 14.0. The second-order valence-corrected chi connectivity index (χ2v) is 10.5. The van der Waals surface area contributed by atoms with Crippen LogP contribution in [0.25, 0.3) is 0 Å². The highest BCUT2D eigenvalue weighted by molar-refractivity contribution is 5.83. The van der Waals surface area contributed by atoms with E-state index in [1.807, 2.05) is 50.8 Å². The van der Waals surface area contributed by atoms with Gasteiger partial charge in [-0.1, -0.05) is 33.8 Å². The van der Waals surface area contributed by atoms with Gasteiger partial charge in [0, 0.05) is 24.4 Å². The van der Waals surface area contributed by atoms with E-state index in [0.29, 0.717) is 31.4 Å². The molecule has 1 amide bonds. The van der Waals surface area contributed by atoms with Gasteiger partial charge in [-0.3, -0.25) is 4.79 Å². The molecule has 1 aliphatic heterocycles. The molecule has 0 radical (unpaired) electrons. The van der Waals surface area contributed by atoms with Gasteiger partial charge in [-0.25, -0.2) is 0 Å². The van der Waals surface area contributed by atoms with Crippen molar-refractivity contribution in [2.75, 3.05) is 26.8 Å². The number of likely N-dealkylation sites (tertiary alicyclic amines) is 1. The topological polar surface area (TPSA) is 85.0 Å². The predicted molar refractivity (Wildman–Crippen MR) is 118 cm³/mol. The summed E-state index contributed by atoms with van der Waals surface area (Å²) in [6, 6.07) is 5.38. The molecule has 1 aromatic carbocycles. The van der Waals surface area contributed by atoms with Crippen LogP contribution in [0.1, 0.15) is 58.9 Å². The van der Waals surface area contributed by atoms with Gasteiger partial charge in [-0.05, 0) is 48.8 Å². The lowest BCUT2D eigenvalue weighted by molar-refractivity contribution is -0.134. The van der Waals surface area contributed by atoms with Gasteiger partial charge >= 0.3 is 0 Å². The minimum Gasteiger partial charge on any atom is -0.493 e. The number of amides is 1. The van der Waals surface area contributed by atoms with Crippen molar-refractivity contribution in [1.29, 1.82) is 0 Å².